The Balaban J connectivity index is 2.96. The Morgan fingerprint density at radius 2 is 1.89 bits per heavy atom. The van der Waals surface area contributed by atoms with Crippen LogP contribution in [0, 0.1) is 17.5 Å². The average molecular weight is 298 g/mol. The van der Waals surface area contributed by atoms with Crippen molar-refractivity contribution >= 4 is 16.1 Å². The zero-order valence-corrected chi connectivity index (χ0v) is 10.4. The van der Waals surface area contributed by atoms with Crippen LogP contribution in [-0.4, -0.2) is 21.1 Å². The number of amides is 1. The van der Waals surface area contributed by atoms with E-state index in [1.807, 2.05) is 0 Å². The number of halogens is 3. The van der Waals surface area contributed by atoms with Crippen LogP contribution >= 0.6 is 0 Å². The van der Waals surface area contributed by atoms with Crippen molar-refractivity contribution in [3.63, 3.8) is 0 Å². The molecule has 10 heteroatoms. The molecule has 0 heterocycles. The minimum absolute atomic E-state index is 0.0207. The molecule has 0 aliphatic rings. The summed E-state index contributed by atoms with van der Waals surface area (Å²) in [5.74, 6) is -5.35. The molecular formula is C9H9F3N2O4S. The molecule has 106 valence electrons. The molecule has 19 heavy (non-hydrogen) atoms. The van der Waals surface area contributed by atoms with Gasteiger partial charge in [0, 0.05) is 0 Å². The molecule has 1 amide bonds. The molecule has 0 spiro atoms. The smallest absolute Gasteiger partial charge is 0.422 e. The van der Waals surface area contributed by atoms with Gasteiger partial charge in [-0.25, -0.2) is 31.8 Å². The highest BCUT2D eigenvalue weighted by atomic mass is 32.2. The lowest BCUT2D eigenvalue weighted by atomic mass is 10.3. The fourth-order valence-electron chi connectivity index (χ4n) is 1.05. The van der Waals surface area contributed by atoms with E-state index in [1.165, 1.54) is 11.8 Å². The number of sulfonamides is 1. The van der Waals surface area contributed by atoms with E-state index in [0.29, 0.717) is 12.1 Å². The molecule has 0 aliphatic heterocycles. The summed E-state index contributed by atoms with van der Waals surface area (Å²) in [6.07, 6.45) is -1.13. The summed E-state index contributed by atoms with van der Waals surface area (Å²) in [5, 5.41) is 0. The Labute approximate surface area is 106 Å². The van der Waals surface area contributed by atoms with Gasteiger partial charge in [0.2, 0.25) is 0 Å². The third kappa shape index (κ3) is 3.58. The van der Waals surface area contributed by atoms with Crippen LogP contribution in [0.15, 0.2) is 17.0 Å². The molecule has 0 aromatic heterocycles. The second kappa shape index (κ2) is 5.89. The third-order valence-corrected chi connectivity index (χ3v) is 3.12. The second-order valence-corrected chi connectivity index (χ2v) is 4.78. The predicted molar refractivity (Wildman–Crippen MR) is 56.8 cm³/mol. The van der Waals surface area contributed by atoms with Crippen LogP contribution in [0.2, 0.25) is 0 Å². The zero-order valence-electron chi connectivity index (χ0n) is 9.54. The fourth-order valence-corrected chi connectivity index (χ4v) is 1.95. The number of carbonyl (C=O) groups excluding carboxylic acids is 1. The Hall–Kier alpha value is -1.81. The minimum atomic E-state index is -4.59. The van der Waals surface area contributed by atoms with Crippen LogP contribution in [0.4, 0.5) is 18.0 Å². The normalized spacial score (nSPS) is 11.2. The Morgan fingerprint density at radius 3 is 2.47 bits per heavy atom. The molecule has 0 bridgehead atoms. The quantitative estimate of drug-likeness (QED) is 0.642. The molecule has 1 rings (SSSR count). The summed E-state index contributed by atoms with van der Waals surface area (Å²) in [7, 11) is -4.59. The van der Waals surface area contributed by atoms with Gasteiger partial charge in [-0.1, -0.05) is 0 Å². The summed E-state index contributed by atoms with van der Waals surface area (Å²) in [4.78, 5) is 11.2. The van der Waals surface area contributed by atoms with Gasteiger partial charge in [0.25, 0.3) is 10.0 Å². The van der Waals surface area contributed by atoms with E-state index in [4.69, 9.17) is 0 Å². The first kappa shape index (κ1) is 15.2. The number of hydrogen-bond acceptors (Lipinski definition) is 4. The topological polar surface area (TPSA) is 84.5 Å². The highest BCUT2D eigenvalue weighted by molar-refractivity contribution is 7.89. The molecule has 2 N–H and O–H groups in total. The minimum Gasteiger partial charge on any atom is -0.449 e. The summed E-state index contributed by atoms with van der Waals surface area (Å²) >= 11 is 0. The molecule has 1 aromatic carbocycles. The van der Waals surface area contributed by atoms with Crippen molar-refractivity contribution in [2.45, 2.75) is 11.8 Å². The van der Waals surface area contributed by atoms with Crippen LogP contribution in [0.25, 0.3) is 0 Å². The maximum absolute atomic E-state index is 13.3. The Kier molecular flexibility index (Phi) is 4.72. The summed E-state index contributed by atoms with van der Waals surface area (Å²) in [6, 6.07) is 0.959. The van der Waals surface area contributed by atoms with Gasteiger partial charge in [-0.05, 0) is 19.1 Å². The molecule has 1 aromatic rings. The molecule has 0 saturated heterocycles. The van der Waals surface area contributed by atoms with E-state index in [-0.39, 0.29) is 6.61 Å². The monoisotopic (exact) mass is 298 g/mol. The van der Waals surface area contributed by atoms with Crippen molar-refractivity contribution in [3.05, 3.63) is 29.6 Å². The van der Waals surface area contributed by atoms with E-state index in [9.17, 15) is 26.4 Å². The largest absolute Gasteiger partial charge is 0.449 e. The van der Waals surface area contributed by atoms with Crippen molar-refractivity contribution in [2.75, 3.05) is 6.61 Å². The lowest BCUT2D eigenvalue weighted by Crippen LogP contribution is -2.42. The lowest BCUT2D eigenvalue weighted by Gasteiger charge is -2.09. The first-order chi connectivity index (χ1) is 8.79. The van der Waals surface area contributed by atoms with Crippen LogP contribution < -0.4 is 10.3 Å². The number of rotatable bonds is 4. The standard InChI is InChI=1S/C9H9F3N2O4S/c1-2-18-9(15)13-14-19(16,17)6-4-3-5(10)7(11)8(6)12/h3-4,14H,2H2,1H3,(H,13,15). The number of ether oxygens (including phenoxy) is 1. The van der Waals surface area contributed by atoms with Crippen molar-refractivity contribution in [2.24, 2.45) is 0 Å². The van der Waals surface area contributed by atoms with Gasteiger partial charge in [-0.15, -0.1) is 4.83 Å². The number of hydrazine groups is 1. The predicted octanol–water partition coefficient (Wildman–Crippen LogP) is 1.04. The number of benzene rings is 1. The fraction of sp³-hybridized carbons (Fsp3) is 0.222. The van der Waals surface area contributed by atoms with E-state index < -0.39 is 38.5 Å². The first-order valence-electron chi connectivity index (χ1n) is 4.87. The maximum atomic E-state index is 13.3. The zero-order chi connectivity index (χ0) is 14.6. The van der Waals surface area contributed by atoms with E-state index in [0.717, 1.165) is 0 Å². The van der Waals surface area contributed by atoms with Gasteiger partial charge in [-0.2, -0.15) is 0 Å². The van der Waals surface area contributed by atoms with E-state index in [2.05, 4.69) is 4.74 Å². The third-order valence-electron chi connectivity index (χ3n) is 1.85. The summed E-state index contributed by atoms with van der Waals surface area (Å²) in [6.45, 7) is 1.45. The van der Waals surface area contributed by atoms with E-state index >= 15 is 0 Å². The van der Waals surface area contributed by atoms with Crippen molar-refractivity contribution < 1.29 is 31.1 Å². The number of hydrogen-bond donors (Lipinski definition) is 2. The molecule has 0 atom stereocenters. The highest BCUT2D eigenvalue weighted by Gasteiger charge is 2.24. The second-order valence-electron chi connectivity index (χ2n) is 3.12. The van der Waals surface area contributed by atoms with Crippen molar-refractivity contribution in [1.29, 1.82) is 0 Å². The van der Waals surface area contributed by atoms with Crippen molar-refractivity contribution in [1.82, 2.24) is 10.3 Å². The van der Waals surface area contributed by atoms with Gasteiger partial charge >= 0.3 is 6.09 Å². The lowest BCUT2D eigenvalue weighted by molar-refractivity contribution is 0.150. The van der Waals surface area contributed by atoms with Crippen LogP contribution in [0.1, 0.15) is 6.92 Å². The summed E-state index contributed by atoms with van der Waals surface area (Å²) in [5.41, 5.74) is 1.60. The molecule has 0 fully saturated rings. The molecular weight excluding hydrogens is 289 g/mol. The SMILES string of the molecule is CCOC(=O)NNS(=O)(=O)c1ccc(F)c(F)c1F. The van der Waals surface area contributed by atoms with Crippen molar-refractivity contribution in [3.8, 4) is 0 Å². The van der Waals surface area contributed by atoms with Gasteiger partial charge in [0.05, 0.1) is 6.61 Å². The first-order valence-corrected chi connectivity index (χ1v) is 6.36. The number of carbonyl (C=O) groups is 1. The van der Waals surface area contributed by atoms with Crippen LogP contribution in [0.3, 0.4) is 0 Å². The number of nitrogens with one attached hydrogen (secondary N) is 2. The molecule has 0 aliphatic carbocycles. The van der Waals surface area contributed by atoms with Gasteiger partial charge in [0.15, 0.2) is 17.5 Å². The maximum Gasteiger partial charge on any atom is 0.422 e. The Morgan fingerprint density at radius 1 is 1.26 bits per heavy atom. The molecule has 0 unspecified atom stereocenters. The molecule has 6 nitrogen and oxygen atoms in total. The molecule has 0 radical (unpaired) electrons. The average Bonchev–Trinajstić information content (AvgIpc) is 2.34. The summed E-state index contributed by atoms with van der Waals surface area (Å²) < 4.78 is 66.2. The highest BCUT2D eigenvalue weighted by Crippen LogP contribution is 2.18. The van der Waals surface area contributed by atoms with Gasteiger partial charge < -0.3 is 4.74 Å². The van der Waals surface area contributed by atoms with Crippen LogP contribution in [0.5, 0.6) is 0 Å². The molecule has 0 saturated carbocycles. The van der Waals surface area contributed by atoms with Crippen LogP contribution in [-0.2, 0) is 14.8 Å². The Bertz CT molecular complexity index is 591. The van der Waals surface area contributed by atoms with Gasteiger partial charge in [-0.3, -0.25) is 0 Å². The van der Waals surface area contributed by atoms with E-state index in [1.54, 1.807) is 5.43 Å². The van der Waals surface area contributed by atoms with Gasteiger partial charge in [0.1, 0.15) is 4.90 Å².